The van der Waals surface area contributed by atoms with Gasteiger partial charge in [-0.25, -0.2) is 0 Å². The minimum absolute atomic E-state index is 0.0892. The molecular formula is C29H35NO2. The molecule has 1 fully saturated rings. The molecule has 0 amide bonds. The van der Waals surface area contributed by atoms with Crippen molar-refractivity contribution < 1.29 is 9.84 Å². The summed E-state index contributed by atoms with van der Waals surface area (Å²) in [4.78, 5) is 2.51. The van der Waals surface area contributed by atoms with Gasteiger partial charge in [0.1, 0.15) is 6.10 Å². The van der Waals surface area contributed by atoms with Crippen molar-refractivity contribution in [1.29, 1.82) is 0 Å². The maximum Gasteiger partial charge on any atom is 0.108 e. The van der Waals surface area contributed by atoms with Gasteiger partial charge in [-0.05, 0) is 43.4 Å². The smallest absolute Gasteiger partial charge is 0.108 e. The first kappa shape index (κ1) is 22.7. The highest BCUT2D eigenvalue weighted by Gasteiger charge is 2.36. The Morgan fingerprint density at radius 3 is 1.66 bits per heavy atom. The summed E-state index contributed by atoms with van der Waals surface area (Å²) in [5.41, 5.74) is 3.35. The zero-order chi connectivity index (χ0) is 22.3. The Bertz CT molecular complexity index is 882. The van der Waals surface area contributed by atoms with Crippen molar-refractivity contribution in [1.82, 2.24) is 4.90 Å². The molecule has 3 nitrogen and oxygen atoms in total. The number of ether oxygens (including phenoxy) is 1. The number of hydrogen-bond acceptors (Lipinski definition) is 3. The van der Waals surface area contributed by atoms with E-state index in [0.29, 0.717) is 12.1 Å². The Kier molecular flexibility index (Phi) is 7.75. The van der Waals surface area contributed by atoms with Crippen LogP contribution >= 0.6 is 0 Å². The fourth-order valence-corrected chi connectivity index (χ4v) is 5.16. The van der Waals surface area contributed by atoms with Crippen LogP contribution in [0.2, 0.25) is 0 Å². The molecule has 4 rings (SSSR count). The van der Waals surface area contributed by atoms with Gasteiger partial charge in [0.05, 0.1) is 18.8 Å². The highest BCUT2D eigenvalue weighted by atomic mass is 16.5. The molecule has 0 unspecified atom stereocenters. The van der Waals surface area contributed by atoms with E-state index in [-0.39, 0.29) is 18.8 Å². The first-order valence-corrected chi connectivity index (χ1v) is 11.9. The van der Waals surface area contributed by atoms with Crippen LogP contribution in [0.15, 0.2) is 91.0 Å². The first-order valence-electron chi connectivity index (χ1n) is 11.9. The normalized spacial score (nSPS) is 21.4. The lowest BCUT2D eigenvalue weighted by molar-refractivity contribution is -0.0645. The van der Waals surface area contributed by atoms with Gasteiger partial charge in [0.25, 0.3) is 0 Å². The van der Waals surface area contributed by atoms with E-state index in [2.05, 4.69) is 67.3 Å². The molecular weight excluding hydrogens is 394 g/mol. The molecule has 0 saturated carbocycles. The number of aliphatic hydroxyl groups is 1. The lowest BCUT2D eigenvalue weighted by Crippen LogP contribution is -2.50. The third kappa shape index (κ3) is 5.29. The Morgan fingerprint density at radius 2 is 1.19 bits per heavy atom. The number of piperidine rings is 1. The molecule has 1 aliphatic rings. The van der Waals surface area contributed by atoms with Crippen molar-refractivity contribution in [3.8, 4) is 0 Å². The number of benzene rings is 3. The van der Waals surface area contributed by atoms with Gasteiger partial charge in [-0.15, -0.1) is 0 Å². The SMILES string of the molecule is C[C@@H]1CCC[C@H](C)N1[C@H](c1ccccc1)[C@@H](O)COC(c1ccccc1)c1ccccc1. The minimum atomic E-state index is -0.629. The van der Waals surface area contributed by atoms with Gasteiger partial charge in [-0.2, -0.15) is 0 Å². The summed E-state index contributed by atoms with van der Waals surface area (Å²) in [5.74, 6) is 0. The summed E-state index contributed by atoms with van der Waals surface area (Å²) in [6, 6.07) is 31.7. The highest BCUT2D eigenvalue weighted by molar-refractivity contribution is 5.30. The van der Waals surface area contributed by atoms with Gasteiger partial charge in [-0.3, -0.25) is 4.90 Å². The van der Waals surface area contributed by atoms with Crippen molar-refractivity contribution in [3.05, 3.63) is 108 Å². The molecule has 4 atom stereocenters. The number of rotatable bonds is 8. The molecule has 0 bridgehead atoms. The van der Waals surface area contributed by atoms with E-state index in [4.69, 9.17) is 4.74 Å². The van der Waals surface area contributed by atoms with Crippen LogP contribution in [-0.4, -0.2) is 34.8 Å². The molecule has 168 valence electrons. The third-order valence-corrected chi connectivity index (χ3v) is 6.73. The number of nitrogens with zero attached hydrogens (tertiary/aromatic N) is 1. The fraction of sp³-hybridized carbons (Fsp3) is 0.379. The maximum atomic E-state index is 11.5. The van der Waals surface area contributed by atoms with Crippen molar-refractivity contribution in [2.45, 2.75) is 63.4 Å². The van der Waals surface area contributed by atoms with Crippen molar-refractivity contribution in [2.24, 2.45) is 0 Å². The molecule has 0 spiro atoms. The second kappa shape index (κ2) is 10.9. The van der Waals surface area contributed by atoms with Gasteiger partial charge in [0, 0.05) is 12.1 Å². The summed E-state index contributed by atoms with van der Waals surface area (Å²) in [6.07, 6.45) is 2.74. The number of hydrogen-bond donors (Lipinski definition) is 1. The summed E-state index contributed by atoms with van der Waals surface area (Å²) < 4.78 is 6.46. The van der Waals surface area contributed by atoms with E-state index in [9.17, 15) is 5.11 Å². The van der Waals surface area contributed by atoms with Crippen LogP contribution in [-0.2, 0) is 4.74 Å². The van der Waals surface area contributed by atoms with Crippen molar-refractivity contribution in [3.63, 3.8) is 0 Å². The van der Waals surface area contributed by atoms with E-state index in [1.54, 1.807) is 0 Å². The third-order valence-electron chi connectivity index (χ3n) is 6.73. The molecule has 1 heterocycles. The first-order chi connectivity index (χ1) is 15.6. The van der Waals surface area contributed by atoms with Crippen LogP contribution in [0.3, 0.4) is 0 Å². The van der Waals surface area contributed by atoms with E-state index >= 15 is 0 Å². The summed E-state index contributed by atoms with van der Waals surface area (Å²) in [5, 5.41) is 11.5. The average molecular weight is 430 g/mol. The van der Waals surface area contributed by atoms with Crippen molar-refractivity contribution in [2.75, 3.05) is 6.61 Å². The monoisotopic (exact) mass is 429 g/mol. The van der Waals surface area contributed by atoms with Gasteiger partial charge < -0.3 is 9.84 Å². The molecule has 1 saturated heterocycles. The largest absolute Gasteiger partial charge is 0.389 e. The van der Waals surface area contributed by atoms with E-state index in [0.717, 1.165) is 29.5 Å². The van der Waals surface area contributed by atoms with Crippen LogP contribution in [0.1, 0.15) is 61.9 Å². The summed E-state index contributed by atoms with van der Waals surface area (Å²) in [6.45, 7) is 4.84. The fourth-order valence-electron chi connectivity index (χ4n) is 5.16. The molecule has 0 aliphatic carbocycles. The highest BCUT2D eigenvalue weighted by Crippen LogP contribution is 2.35. The Morgan fingerprint density at radius 1 is 0.750 bits per heavy atom. The lowest BCUT2D eigenvalue weighted by Gasteiger charge is -2.46. The predicted molar refractivity (Wildman–Crippen MR) is 130 cm³/mol. The Hall–Kier alpha value is -2.46. The van der Waals surface area contributed by atoms with E-state index < -0.39 is 6.10 Å². The van der Waals surface area contributed by atoms with E-state index in [1.165, 1.54) is 6.42 Å². The number of aliphatic hydroxyl groups excluding tert-OH is 1. The standard InChI is InChI=1S/C29H35NO2/c1-22-13-12-14-23(2)30(22)28(24-15-6-3-7-16-24)27(31)21-32-29(25-17-8-4-9-18-25)26-19-10-5-11-20-26/h3-11,15-20,22-23,27-29,31H,12-14,21H2,1-2H3/t22-,23+,27-,28+/m0/s1. The molecule has 3 aromatic carbocycles. The van der Waals surface area contributed by atoms with Crippen LogP contribution in [0.25, 0.3) is 0 Å². The lowest BCUT2D eigenvalue weighted by atomic mass is 9.90. The Balaban J connectivity index is 1.59. The Labute approximate surface area is 192 Å². The molecule has 1 N–H and O–H groups in total. The molecule has 3 heteroatoms. The van der Waals surface area contributed by atoms with Gasteiger partial charge in [0.2, 0.25) is 0 Å². The molecule has 0 radical (unpaired) electrons. The quantitative estimate of drug-likeness (QED) is 0.466. The maximum absolute atomic E-state index is 11.5. The zero-order valence-electron chi connectivity index (χ0n) is 19.2. The van der Waals surface area contributed by atoms with Crippen LogP contribution < -0.4 is 0 Å². The molecule has 1 aliphatic heterocycles. The van der Waals surface area contributed by atoms with E-state index in [1.807, 2.05) is 42.5 Å². The summed E-state index contributed by atoms with van der Waals surface area (Å²) in [7, 11) is 0. The second-order valence-corrected chi connectivity index (χ2v) is 9.03. The minimum Gasteiger partial charge on any atom is -0.389 e. The van der Waals surface area contributed by atoms with Crippen LogP contribution in [0, 0.1) is 0 Å². The molecule has 32 heavy (non-hydrogen) atoms. The molecule has 0 aromatic heterocycles. The topological polar surface area (TPSA) is 32.7 Å². The van der Waals surface area contributed by atoms with Crippen LogP contribution in [0.5, 0.6) is 0 Å². The van der Waals surface area contributed by atoms with Crippen LogP contribution in [0.4, 0.5) is 0 Å². The second-order valence-electron chi connectivity index (χ2n) is 9.03. The molecule has 3 aromatic rings. The van der Waals surface area contributed by atoms with Gasteiger partial charge in [0.15, 0.2) is 0 Å². The number of likely N-dealkylation sites (tertiary alicyclic amines) is 1. The zero-order valence-corrected chi connectivity index (χ0v) is 19.2. The van der Waals surface area contributed by atoms with Gasteiger partial charge >= 0.3 is 0 Å². The van der Waals surface area contributed by atoms with Gasteiger partial charge in [-0.1, -0.05) is 97.4 Å². The average Bonchev–Trinajstić information content (AvgIpc) is 2.83. The van der Waals surface area contributed by atoms with Crippen molar-refractivity contribution >= 4 is 0 Å². The summed E-state index contributed by atoms with van der Waals surface area (Å²) >= 11 is 0. The predicted octanol–water partition coefficient (Wildman–Crippen LogP) is 6.16.